The van der Waals surface area contributed by atoms with Crippen LogP contribution in [0.1, 0.15) is 25.8 Å². The van der Waals surface area contributed by atoms with Gasteiger partial charge in [0.05, 0.1) is 0 Å². The van der Waals surface area contributed by atoms with Crippen molar-refractivity contribution < 1.29 is 9.59 Å². The molecule has 120 valence electrons. The first-order chi connectivity index (χ1) is 11.1. The van der Waals surface area contributed by atoms with Gasteiger partial charge < -0.3 is 5.32 Å². The molecule has 0 spiro atoms. The van der Waals surface area contributed by atoms with E-state index in [0.29, 0.717) is 13.0 Å². The molecule has 0 aliphatic carbocycles. The van der Waals surface area contributed by atoms with Gasteiger partial charge in [-0.1, -0.05) is 62.7 Å². The van der Waals surface area contributed by atoms with Gasteiger partial charge in [-0.05, 0) is 28.7 Å². The van der Waals surface area contributed by atoms with Crippen LogP contribution in [0.5, 0.6) is 0 Å². The summed E-state index contributed by atoms with van der Waals surface area (Å²) in [4.78, 5) is 25.8. The van der Waals surface area contributed by atoms with E-state index in [0.717, 1.165) is 12.0 Å². The van der Waals surface area contributed by atoms with Crippen molar-refractivity contribution in [3.8, 4) is 0 Å². The Bertz CT molecular complexity index is 741. The second kappa shape index (κ2) is 6.41. The quantitative estimate of drug-likeness (QED) is 0.861. The molecule has 23 heavy (non-hydrogen) atoms. The second-order valence-corrected chi connectivity index (χ2v) is 6.23. The molecular weight excluding hydrogens is 288 g/mol. The summed E-state index contributed by atoms with van der Waals surface area (Å²) in [5.74, 6) is 0.0715. The lowest BCUT2D eigenvalue weighted by molar-refractivity contribution is -0.128. The zero-order chi connectivity index (χ0) is 16.4. The molecule has 3 rings (SSSR count). The number of benzene rings is 2. The molecular formula is C19H22N2O2. The molecule has 0 unspecified atom stereocenters. The van der Waals surface area contributed by atoms with Crippen LogP contribution < -0.4 is 5.32 Å². The zero-order valence-electron chi connectivity index (χ0n) is 13.6. The Morgan fingerprint density at radius 2 is 1.87 bits per heavy atom. The Balaban J connectivity index is 1.69. The molecule has 2 aromatic rings. The molecule has 3 amide bonds. The molecule has 4 nitrogen and oxygen atoms in total. The van der Waals surface area contributed by atoms with Crippen molar-refractivity contribution in [1.82, 2.24) is 10.2 Å². The molecule has 0 radical (unpaired) electrons. The molecule has 4 heteroatoms. The van der Waals surface area contributed by atoms with Gasteiger partial charge in [-0.3, -0.25) is 9.69 Å². The van der Waals surface area contributed by atoms with Crippen LogP contribution in [0.2, 0.25) is 0 Å². The minimum Gasteiger partial charge on any atom is -0.326 e. The number of carbonyl (C=O) groups is 2. The third kappa shape index (κ3) is 3.07. The molecule has 2 aromatic carbocycles. The third-order valence-electron chi connectivity index (χ3n) is 4.71. The van der Waals surface area contributed by atoms with Crippen molar-refractivity contribution >= 4 is 22.7 Å². The number of fused-ring (bicyclic) bond motifs is 1. The molecule has 1 heterocycles. The molecule has 0 bridgehead atoms. The summed E-state index contributed by atoms with van der Waals surface area (Å²) in [5.41, 5.74) is 1.14. The summed E-state index contributed by atoms with van der Waals surface area (Å²) in [6.07, 6.45) is 1.55. The first-order valence-electron chi connectivity index (χ1n) is 8.19. The highest BCUT2D eigenvalue weighted by Gasteiger charge is 2.39. The summed E-state index contributed by atoms with van der Waals surface area (Å²) in [7, 11) is 0. The Morgan fingerprint density at radius 1 is 1.13 bits per heavy atom. The van der Waals surface area contributed by atoms with Crippen LogP contribution in [0, 0.1) is 5.92 Å². The van der Waals surface area contributed by atoms with Gasteiger partial charge in [0.2, 0.25) is 0 Å². The number of amides is 3. The van der Waals surface area contributed by atoms with Crippen LogP contribution in [0.3, 0.4) is 0 Å². The van der Waals surface area contributed by atoms with Crippen LogP contribution in [-0.4, -0.2) is 29.4 Å². The molecule has 1 fully saturated rings. The number of nitrogens with zero attached hydrogens (tertiary/aromatic N) is 1. The molecule has 1 saturated heterocycles. The van der Waals surface area contributed by atoms with Crippen molar-refractivity contribution in [1.29, 1.82) is 0 Å². The van der Waals surface area contributed by atoms with Crippen molar-refractivity contribution in [2.45, 2.75) is 32.7 Å². The Kier molecular flexibility index (Phi) is 4.33. The molecule has 1 aliphatic heterocycles. The van der Waals surface area contributed by atoms with Crippen molar-refractivity contribution in [3.05, 3.63) is 48.0 Å². The van der Waals surface area contributed by atoms with Gasteiger partial charge in [0.1, 0.15) is 6.04 Å². The maximum atomic E-state index is 12.4. The van der Waals surface area contributed by atoms with Crippen LogP contribution >= 0.6 is 0 Å². The van der Waals surface area contributed by atoms with Gasteiger partial charge in [0, 0.05) is 6.54 Å². The number of hydrogen-bond donors (Lipinski definition) is 1. The maximum Gasteiger partial charge on any atom is 0.324 e. The minimum absolute atomic E-state index is 0.0925. The van der Waals surface area contributed by atoms with Crippen LogP contribution in [0.15, 0.2) is 42.5 Å². The van der Waals surface area contributed by atoms with Crippen LogP contribution in [-0.2, 0) is 11.2 Å². The highest BCUT2D eigenvalue weighted by molar-refractivity contribution is 6.04. The van der Waals surface area contributed by atoms with Gasteiger partial charge in [-0.25, -0.2) is 4.79 Å². The first-order valence-corrected chi connectivity index (χ1v) is 8.19. The highest BCUT2D eigenvalue weighted by Crippen LogP contribution is 2.19. The standard InChI is InChI=1S/C19H22N2O2/c1-3-13(2)17-18(22)21(19(23)20-17)11-10-14-8-9-15-6-4-5-7-16(15)12-14/h4-9,12-13,17H,3,10-11H2,1-2H3,(H,20,23)/t13-,17-/m0/s1. The van der Waals surface area contributed by atoms with Gasteiger partial charge >= 0.3 is 6.03 Å². The number of carbonyl (C=O) groups excluding carboxylic acids is 2. The van der Waals surface area contributed by atoms with E-state index in [4.69, 9.17) is 0 Å². The average Bonchev–Trinajstić information content (AvgIpc) is 2.86. The van der Waals surface area contributed by atoms with E-state index < -0.39 is 0 Å². The molecule has 0 aromatic heterocycles. The molecule has 1 N–H and O–H groups in total. The zero-order valence-corrected chi connectivity index (χ0v) is 13.6. The fourth-order valence-corrected chi connectivity index (χ4v) is 3.01. The summed E-state index contributed by atoms with van der Waals surface area (Å²) in [5, 5.41) is 5.19. The minimum atomic E-state index is -0.371. The smallest absolute Gasteiger partial charge is 0.324 e. The maximum absolute atomic E-state index is 12.4. The second-order valence-electron chi connectivity index (χ2n) is 6.23. The Labute approximate surface area is 136 Å². The lowest BCUT2D eigenvalue weighted by Crippen LogP contribution is -2.36. The number of hydrogen-bond acceptors (Lipinski definition) is 2. The van der Waals surface area contributed by atoms with E-state index in [1.807, 2.05) is 26.0 Å². The van der Waals surface area contributed by atoms with Crippen LogP contribution in [0.4, 0.5) is 4.79 Å². The van der Waals surface area contributed by atoms with Gasteiger partial charge in [-0.2, -0.15) is 0 Å². The van der Waals surface area contributed by atoms with E-state index in [9.17, 15) is 9.59 Å². The summed E-state index contributed by atoms with van der Waals surface area (Å²) < 4.78 is 0. The topological polar surface area (TPSA) is 49.4 Å². The number of nitrogens with one attached hydrogen (secondary N) is 1. The summed E-state index contributed by atoms with van der Waals surface area (Å²) in [6, 6.07) is 13.8. The van der Waals surface area contributed by atoms with Crippen molar-refractivity contribution in [3.63, 3.8) is 0 Å². The Hall–Kier alpha value is -2.36. The fraction of sp³-hybridized carbons (Fsp3) is 0.368. The SMILES string of the molecule is CC[C@H](C)[C@@H]1NC(=O)N(CCc2ccc3ccccc3c2)C1=O. The van der Waals surface area contributed by atoms with E-state index in [-0.39, 0.29) is 23.9 Å². The first kappa shape index (κ1) is 15.5. The summed E-state index contributed by atoms with van der Waals surface area (Å²) in [6.45, 7) is 4.45. The van der Waals surface area contributed by atoms with Crippen molar-refractivity contribution in [2.24, 2.45) is 5.92 Å². The van der Waals surface area contributed by atoms with E-state index in [1.54, 1.807) is 0 Å². The molecule has 2 atom stereocenters. The van der Waals surface area contributed by atoms with E-state index >= 15 is 0 Å². The Morgan fingerprint density at radius 3 is 2.61 bits per heavy atom. The van der Waals surface area contributed by atoms with Gasteiger partial charge in [0.15, 0.2) is 0 Å². The predicted molar refractivity (Wildman–Crippen MR) is 91.1 cm³/mol. The number of rotatable bonds is 5. The van der Waals surface area contributed by atoms with Gasteiger partial charge in [0.25, 0.3) is 5.91 Å². The lowest BCUT2D eigenvalue weighted by atomic mass is 9.99. The molecule has 0 saturated carbocycles. The van der Waals surface area contributed by atoms with Crippen LogP contribution in [0.25, 0.3) is 10.8 Å². The predicted octanol–water partition coefficient (Wildman–Crippen LogP) is 3.35. The van der Waals surface area contributed by atoms with Gasteiger partial charge in [-0.15, -0.1) is 0 Å². The average molecular weight is 310 g/mol. The summed E-state index contributed by atoms with van der Waals surface area (Å²) >= 11 is 0. The number of imide groups is 1. The molecule has 1 aliphatic rings. The normalized spacial score (nSPS) is 19.2. The lowest BCUT2D eigenvalue weighted by Gasteiger charge is -2.16. The highest BCUT2D eigenvalue weighted by atomic mass is 16.2. The third-order valence-corrected chi connectivity index (χ3v) is 4.71. The number of urea groups is 1. The van der Waals surface area contributed by atoms with Crippen molar-refractivity contribution in [2.75, 3.05) is 6.54 Å². The fourth-order valence-electron chi connectivity index (χ4n) is 3.01. The largest absolute Gasteiger partial charge is 0.326 e. The van der Waals surface area contributed by atoms with E-state index in [2.05, 4.69) is 35.6 Å². The van der Waals surface area contributed by atoms with E-state index in [1.165, 1.54) is 15.7 Å². The monoisotopic (exact) mass is 310 g/mol.